The van der Waals surface area contributed by atoms with Crippen molar-refractivity contribution < 1.29 is 0 Å². The summed E-state index contributed by atoms with van der Waals surface area (Å²) in [6.07, 6.45) is 7.70. The topological polar surface area (TPSA) is 43.8 Å². The quantitative estimate of drug-likeness (QED) is 0.129. The molecule has 0 amide bonds. The second-order valence-electron chi connectivity index (χ2n) is 16.0. The number of fused-ring (bicyclic) bond motifs is 6. The van der Waals surface area contributed by atoms with Crippen LogP contribution in [0, 0.1) is 6.92 Å². The van der Waals surface area contributed by atoms with Gasteiger partial charge in [-0.15, -0.1) is 0 Å². The number of aryl methyl sites for hydroxylation is 1. The monoisotopic (exact) mass is 793 g/mol. The van der Waals surface area contributed by atoms with E-state index in [2.05, 4.69) is 206 Å². The largest absolute Gasteiger partial charge is 0.405 e. The minimum atomic E-state index is 0.993. The van der Waals surface area contributed by atoms with Crippen molar-refractivity contribution >= 4 is 59.8 Å². The van der Waals surface area contributed by atoms with Crippen LogP contribution >= 0.6 is 0 Å². The van der Waals surface area contributed by atoms with Crippen molar-refractivity contribution in [3.05, 3.63) is 224 Å². The molecule has 0 saturated heterocycles. The van der Waals surface area contributed by atoms with E-state index >= 15 is 0 Å². The van der Waals surface area contributed by atoms with Crippen molar-refractivity contribution in [3.63, 3.8) is 0 Å². The van der Waals surface area contributed by atoms with E-state index in [0.717, 1.165) is 55.3 Å². The summed E-state index contributed by atoms with van der Waals surface area (Å²) in [4.78, 5) is 4.92. The van der Waals surface area contributed by atoms with Gasteiger partial charge >= 0.3 is 0 Å². The summed E-state index contributed by atoms with van der Waals surface area (Å²) in [5, 5.41) is 8.36. The van der Waals surface area contributed by atoms with E-state index in [9.17, 15) is 0 Å². The molecule has 2 aromatic heterocycles. The van der Waals surface area contributed by atoms with E-state index in [4.69, 9.17) is 10.7 Å². The molecule has 0 fully saturated rings. The van der Waals surface area contributed by atoms with Crippen LogP contribution in [0.5, 0.6) is 0 Å². The molecule has 0 atom stereocenters. The normalized spacial score (nSPS) is 12.1. The van der Waals surface area contributed by atoms with Crippen LogP contribution in [0.3, 0.4) is 0 Å². The first kappa shape index (κ1) is 37.0. The molecule has 2 N–H and O–H groups in total. The first-order chi connectivity index (χ1) is 30.6. The molecule has 0 aliphatic rings. The summed E-state index contributed by atoms with van der Waals surface area (Å²) in [5.74, 6) is 0. The van der Waals surface area contributed by atoms with E-state index < -0.39 is 0 Å². The summed E-state index contributed by atoms with van der Waals surface area (Å²) >= 11 is 0. The smallest absolute Gasteiger partial charge is 0.0963 e. The fourth-order valence-corrected chi connectivity index (χ4v) is 9.75. The Hall–Kier alpha value is -8.01. The third-order valence-corrected chi connectivity index (χ3v) is 12.6. The predicted molar refractivity (Wildman–Crippen MR) is 265 cm³/mol. The lowest BCUT2D eigenvalue weighted by Gasteiger charge is -2.20. The Kier molecular flexibility index (Phi) is 9.09. The zero-order valence-corrected chi connectivity index (χ0v) is 34.7. The van der Waals surface area contributed by atoms with Crippen LogP contribution in [-0.2, 0) is 0 Å². The molecular formula is C59H43N3. The number of benzene rings is 9. The molecule has 0 radical (unpaired) electrons. The number of para-hydroxylation sites is 1. The van der Waals surface area contributed by atoms with Crippen molar-refractivity contribution in [2.75, 3.05) is 0 Å². The highest BCUT2D eigenvalue weighted by atomic mass is 15.0. The second kappa shape index (κ2) is 15.2. The van der Waals surface area contributed by atoms with Gasteiger partial charge in [0.25, 0.3) is 0 Å². The van der Waals surface area contributed by atoms with Gasteiger partial charge in [-0.2, -0.15) is 0 Å². The standard InChI is InChI=1S/C59H43N3/c1-3-39(31-32-60)51-37-44(41-29-30-55-53(35-41)59-56(26-15-33-61-59)62(55)54-25-14-7-16-38(54)2)34-42-27-28-43(36-52(42)51)57-47-21-10-12-23-49(47)58(50-24-13-11-22-48(50)57)46-20-9-8-19-45(46)40-17-5-4-6-18-40/h3-37H,60H2,1-2H3/b32-31-,39-3+. The molecule has 0 aliphatic carbocycles. The number of rotatable bonds is 7. The maximum Gasteiger partial charge on any atom is 0.0963 e. The third-order valence-electron chi connectivity index (χ3n) is 12.6. The number of hydrogen-bond donors (Lipinski definition) is 1. The molecule has 3 heteroatoms. The molecule has 11 rings (SSSR count). The summed E-state index contributed by atoms with van der Waals surface area (Å²) < 4.78 is 2.34. The SMILES string of the molecule is C/C=C(\C=C/N)c1cc(-c2ccc3c(c2)c2ncccc2n3-c2ccccc2C)cc2ccc(-c3c4ccccc4c(-c4ccccc4-c4ccccc4)c4ccccc34)cc12. The van der Waals surface area contributed by atoms with Crippen LogP contribution < -0.4 is 5.73 Å². The molecule has 11 aromatic rings. The Morgan fingerprint density at radius 3 is 1.87 bits per heavy atom. The molecule has 0 bridgehead atoms. The molecule has 0 spiro atoms. The van der Waals surface area contributed by atoms with Crippen LogP contribution in [-0.4, -0.2) is 9.55 Å². The van der Waals surface area contributed by atoms with E-state index in [0.29, 0.717) is 0 Å². The second-order valence-corrected chi connectivity index (χ2v) is 16.0. The number of nitrogens with zero attached hydrogens (tertiary/aromatic N) is 2. The Labute approximate surface area is 361 Å². The first-order valence-electron chi connectivity index (χ1n) is 21.3. The van der Waals surface area contributed by atoms with Gasteiger partial charge in [-0.3, -0.25) is 4.98 Å². The zero-order valence-electron chi connectivity index (χ0n) is 34.7. The summed E-state index contributed by atoms with van der Waals surface area (Å²) in [5.41, 5.74) is 23.5. The van der Waals surface area contributed by atoms with Gasteiger partial charge in [0, 0.05) is 17.3 Å². The summed E-state index contributed by atoms with van der Waals surface area (Å²) in [7, 11) is 0. The van der Waals surface area contributed by atoms with Crippen LogP contribution in [0.25, 0.3) is 110 Å². The Morgan fingerprint density at radius 2 is 1.15 bits per heavy atom. The van der Waals surface area contributed by atoms with Crippen LogP contribution in [0.2, 0.25) is 0 Å². The number of allylic oxidation sites excluding steroid dienone is 3. The van der Waals surface area contributed by atoms with Gasteiger partial charge in [0.05, 0.1) is 16.6 Å². The number of nitrogens with two attached hydrogens (primary N) is 1. The van der Waals surface area contributed by atoms with E-state index in [1.807, 2.05) is 18.3 Å². The molecular weight excluding hydrogens is 751 g/mol. The van der Waals surface area contributed by atoms with Crippen molar-refractivity contribution in [1.29, 1.82) is 0 Å². The molecule has 0 aliphatic heterocycles. The van der Waals surface area contributed by atoms with Crippen molar-refractivity contribution in [2.24, 2.45) is 5.73 Å². The molecule has 2 heterocycles. The highest BCUT2D eigenvalue weighted by Crippen LogP contribution is 2.47. The van der Waals surface area contributed by atoms with Crippen LogP contribution in [0.15, 0.2) is 213 Å². The van der Waals surface area contributed by atoms with E-state index in [-0.39, 0.29) is 0 Å². The van der Waals surface area contributed by atoms with Crippen molar-refractivity contribution in [2.45, 2.75) is 13.8 Å². The minimum absolute atomic E-state index is 0.993. The highest BCUT2D eigenvalue weighted by Gasteiger charge is 2.21. The predicted octanol–water partition coefficient (Wildman–Crippen LogP) is 15.5. The fourth-order valence-electron chi connectivity index (χ4n) is 9.75. The lowest BCUT2D eigenvalue weighted by Crippen LogP contribution is -1.96. The lowest BCUT2D eigenvalue weighted by molar-refractivity contribution is 1.15. The van der Waals surface area contributed by atoms with E-state index in [1.54, 1.807) is 6.20 Å². The van der Waals surface area contributed by atoms with Crippen molar-refractivity contribution in [1.82, 2.24) is 9.55 Å². The average Bonchev–Trinajstić information content (AvgIpc) is 3.66. The Balaban J connectivity index is 1.13. The van der Waals surface area contributed by atoms with Crippen LogP contribution in [0.1, 0.15) is 18.1 Å². The molecule has 294 valence electrons. The fraction of sp³-hybridized carbons (Fsp3) is 0.0339. The highest BCUT2D eigenvalue weighted by molar-refractivity contribution is 6.23. The molecule has 62 heavy (non-hydrogen) atoms. The van der Waals surface area contributed by atoms with Gasteiger partial charge in [0.2, 0.25) is 0 Å². The number of pyridine rings is 1. The molecule has 0 saturated carbocycles. The summed E-state index contributed by atoms with van der Waals surface area (Å²) in [6, 6.07) is 68.6. The number of aromatic nitrogens is 2. The van der Waals surface area contributed by atoms with Gasteiger partial charge in [-0.1, -0.05) is 146 Å². The summed E-state index contributed by atoms with van der Waals surface area (Å²) in [6.45, 7) is 4.25. The van der Waals surface area contributed by atoms with E-state index in [1.165, 1.54) is 65.9 Å². The third kappa shape index (κ3) is 6.01. The lowest BCUT2D eigenvalue weighted by atomic mass is 9.83. The number of hydrogen-bond acceptors (Lipinski definition) is 2. The van der Waals surface area contributed by atoms with Gasteiger partial charge in [-0.05, 0) is 168 Å². The molecule has 3 nitrogen and oxygen atoms in total. The van der Waals surface area contributed by atoms with Gasteiger partial charge in [0.15, 0.2) is 0 Å². The average molecular weight is 794 g/mol. The molecule has 0 unspecified atom stereocenters. The minimum Gasteiger partial charge on any atom is -0.405 e. The van der Waals surface area contributed by atoms with Gasteiger partial charge in [0.1, 0.15) is 0 Å². The molecule has 9 aromatic carbocycles. The van der Waals surface area contributed by atoms with Gasteiger partial charge < -0.3 is 10.3 Å². The zero-order chi connectivity index (χ0) is 41.7. The van der Waals surface area contributed by atoms with Crippen LogP contribution in [0.4, 0.5) is 0 Å². The maximum absolute atomic E-state index is 6.14. The van der Waals surface area contributed by atoms with Gasteiger partial charge in [-0.25, -0.2) is 0 Å². The first-order valence-corrected chi connectivity index (χ1v) is 21.3. The Morgan fingerprint density at radius 1 is 0.500 bits per heavy atom. The maximum atomic E-state index is 6.14. The van der Waals surface area contributed by atoms with Crippen molar-refractivity contribution in [3.8, 4) is 50.2 Å². The Bertz CT molecular complexity index is 3550.